The summed E-state index contributed by atoms with van der Waals surface area (Å²) in [5.74, 6) is 0. The summed E-state index contributed by atoms with van der Waals surface area (Å²) < 4.78 is 0. The van der Waals surface area contributed by atoms with Crippen molar-refractivity contribution in [1.29, 1.82) is 0 Å². The Morgan fingerprint density at radius 2 is 1.95 bits per heavy atom. The van der Waals surface area contributed by atoms with Gasteiger partial charge in [-0.3, -0.25) is 4.98 Å². The van der Waals surface area contributed by atoms with Crippen molar-refractivity contribution in [2.45, 2.75) is 0 Å². The SMILES string of the molecule is O=C=Nc1cccc(-c2nc(-c3ccncc3)cs2)c1. The van der Waals surface area contributed by atoms with Crippen molar-refractivity contribution in [3.05, 3.63) is 54.2 Å². The fourth-order valence-corrected chi connectivity index (χ4v) is 2.65. The zero-order chi connectivity index (χ0) is 13.8. The largest absolute Gasteiger partial charge is 0.265 e. The number of hydrogen-bond donors (Lipinski definition) is 0. The average molecular weight is 279 g/mol. The predicted molar refractivity (Wildman–Crippen MR) is 78.6 cm³/mol. The minimum Gasteiger partial charge on any atom is -0.265 e. The molecule has 1 aromatic carbocycles. The van der Waals surface area contributed by atoms with E-state index in [2.05, 4.69) is 15.0 Å². The lowest BCUT2D eigenvalue weighted by atomic mass is 10.2. The molecule has 0 saturated carbocycles. The fraction of sp³-hybridized carbons (Fsp3) is 0. The summed E-state index contributed by atoms with van der Waals surface area (Å²) in [7, 11) is 0. The Labute approximate surface area is 119 Å². The molecule has 2 heterocycles. The van der Waals surface area contributed by atoms with Crippen LogP contribution >= 0.6 is 11.3 Å². The van der Waals surface area contributed by atoms with Crippen molar-refractivity contribution < 1.29 is 4.79 Å². The third-order valence-corrected chi connectivity index (χ3v) is 3.64. The number of carbonyl (C=O) groups excluding carboxylic acids is 1. The standard InChI is InChI=1S/C15H9N3OS/c19-10-17-13-3-1-2-12(8-13)15-18-14(9-20-15)11-4-6-16-7-5-11/h1-9H. The summed E-state index contributed by atoms with van der Waals surface area (Å²) in [6, 6.07) is 11.2. The molecule has 0 aliphatic heterocycles. The Hall–Kier alpha value is -2.62. The minimum atomic E-state index is 0.582. The lowest BCUT2D eigenvalue weighted by Crippen LogP contribution is -1.80. The van der Waals surface area contributed by atoms with Crippen LogP contribution in [0.25, 0.3) is 21.8 Å². The minimum absolute atomic E-state index is 0.582. The van der Waals surface area contributed by atoms with E-state index in [0.29, 0.717) is 5.69 Å². The maximum absolute atomic E-state index is 10.3. The summed E-state index contributed by atoms with van der Waals surface area (Å²) >= 11 is 1.55. The number of thiazole rings is 1. The predicted octanol–water partition coefficient (Wildman–Crippen LogP) is 3.84. The maximum Gasteiger partial charge on any atom is 0.240 e. The molecule has 4 nitrogen and oxygen atoms in total. The van der Waals surface area contributed by atoms with Gasteiger partial charge in [0.15, 0.2) is 0 Å². The first-order valence-corrected chi connectivity index (χ1v) is 6.79. The number of aromatic nitrogens is 2. The molecule has 0 spiro atoms. The highest BCUT2D eigenvalue weighted by atomic mass is 32.1. The zero-order valence-corrected chi connectivity index (χ0v) is 11.2. The topological polar surface area (TPSA) is 55.2 Å². The number of isocyanates is 1. The Morgan fingerprint density at radius 3 is 2.75 bits per heavy atom. The molecule has 20 heavy (non-hydrogen) atoms. The number of nitrogens with zero attached hydrogens (tertiary/aromatic N) is 3. The van der Waals surface area contributed by atoms with Gasteiger partial charge in [-0.2, -0.15) is 4.99 Å². The van der Waals surface area contributed by atoms with Crippen LogP contribution in [0.15, 0.2) is 59.2 Å². The Morgan fingerprint density at radius 1 is 1.10 bits per heavy atom. The van der Waals surface area contributed by atoms with Gasteiger partial charge >= 0.3 is 0 Å². The Kier molecular flexibility index (Phi) is 3.46. The molecule has 2 aromatic heterocycles. The Bertz CT molecular complexity index is 777. The number of rotatable bonds is 3. The molecule has 0 atom stereocenters. The molecule has 3 rings (SSSR count). The summed E-state index contributed by atoms with van der Waals surface area (Å²) in [5, 5.41) is 2.89. The second-order valence-corrected chi connectivity index (χ2v) is 4.89. The first kappa shape index (κ1) is 12.4. The quantitative estimate of drug-likeness (QED) is 0.540. The van der Waals surface area contributed by atoms with Crippen molar-refractivity contribution in [1.82, 2.24) is 9.97 Å². The van der Waals surface area contributed by atoms with Gasteiger partial charge in [0.25, 0.3) is 0 Å². The van der Waals surface area contributed by atoms with Crippen LogP contribution in [-0.4, -0.2) is 16.0 Å². The molecular weight excluding hydrogens is 270 g/mol. The number of hydrogen-bond acceptors (Lipinski definition) is 5. The van der Waals surface area contributed by atoms with Crippen LogP contribution in [-0.2, 0) is 4.79 Å². The summed E-state index contributed by atoms with van der Waals surface area (Å²) in [5.41, 5.74) is 3.46. The van der Waals surface area contributed by atoms with E-state index in [1.807, 2.05) is 35.7 Å². The lowest BCUT2D eigenvalue weighted by Gasteiger charge is -1.97. The molecule has 0 aliphatic rings. The molecule has 0 radical (unpaired) electrons. The van der Waals surface area contributed by atoms with E-state index in [9.17, 15) is 4.79 Å². The normalized spacial score (nSPS) is 10.0. The van der Waals surface area contributed by atoms with Crippen LogP contribution in [0.3, 0.4) is 0 Å². The molecule has 0 N–H and O–H groups in total. The van der Waals surface area contributed by atoms with Gasteiger partial charge in [-0.1, -0.05) is 12.1 Å². The van der Waals surface area contributed by atoms with Crippen LogP contribution in [0.1, 0.15) is 0 Å². The third kappa shape index (κ3) is 2.54. The molecular formula is C15H9N3OS. The van der Waals surface area contributed by atoms with Gasteiger partial charge < -0.3 is 0 Å². The molecule has 0 bridgehead atoms. The van der Waals surface area contributed by atoms with Gasteiger partial charge in [-0.05, 0) is 24.3 Å². The molecule has 0 aliphatic carbocycles. The summed E-state index contributed by atoms with van der Waals surface area (Å²) in [6.07, 6.45) is 5.03. The van der Waals surface area contributed by atoms with Crippen molar-refractivity contribution in [3.8, 4) is 21.8 Å². The monoisotopic (exact) mass is 279 g/mol. The first-order valence-electron chi connectivity index (χ1n) is 5.91. The van der Waals surface area contributed by atoms with Gasteiger partial charge in [0.05, 0.1) is 11.4 Å². The van der Waals surface area contributed by atoms with Crippen LogP contribution in [0.2, 0.25) is 0 Å². The molecule has 0 amide bonds. The van der Waals surface area contributed by atoms with E-state index in [1.54, 1.807) is 35.9 Å². The molecule has 3 aromatic rings. The van der Waals surface area contributed by atoms with E-state index >= 15 is 0 Å². The molecule has 0 fully saturated rings. The average Bonchev–Trinajstić information content (AvgIpc) is 2.99. The van der Waals surface area contributed by atoms with E-state index in [1.165, 1.54) is 0 Å². The summed E-state index contributed by atoms with van der Waals surface area (Å²) in [4.78, 5) is 22.5. The first-order chi connectivity index (χ1) is 9.86. The fourth-order valence-electron chi connectivity index (χ4n) is 1.82. The third-order valence-electron chi connectivity index (χ3n) is 2.75. The van der Waals surface area contributed by atoms with Gasteiger partial charge in [-0.15, -0.1) is 11.3 Å². The van der Waals surface area contributed by atoms with Crippen LogP contribution in [0.5, 0.6) is 0 Å². The van der Waals surface area contributed by atoms with E-state index in [4.69, 9.17) is 0 Å². The second kappa shape index (κ2) is 5.57. The highest BCUT2D eigenvalue weighted by Gasteiger charge is 2.06. The van der Waals surface area contributed by atoms with Gasteiger partial charge in [0.2, 0.25) is 6.08 Å². The molecule has 5 heteroatoms. The van der Waals surface area contributed by atoms with Crippen LogP contribution < -0.4 is 0 Å². The van der Waals surface area contributed by atoms with Crippen molar-refractivity contribution >= 4 is 23.1 Å². The smallest absolute Gasteiger partial charge is 0.240 e. The van der Waals surface area contributed by atoms with Crippen molar-refractivity contribution in [2.24, 2.45) is 4.99 Å². The van der Waals surface area contributed by atoms with Crippen LogP contribution in [0.4, 0.5) is 5.69 Å². The second-order valence-electron chi connectivity index (χ2n) is 4.03. The Balaban J connectivity index is 1.98. The molecule has 96 valence electrons. The maximum atomic E-state index is 10.3. The van der Waals surface area contributed by atoms with E-state index in [-0.39, 0.29) is 0 Å². The summed E-state index contributed by atoms with van der Waals surface area (Å²) in [6.45, 7) is 0. The molecule has 0 saturated heterocycles. The van der Waals surface area contributed by atoms with Crippen LogP contribution in [0, 0.1) is 0 Å². The lowest BCUT2D eigenvalue weighted by molar-refractivity contribution is 0.565. The van der Waals surface area contributed by atoms with Gasteiger partial charge in [0, 0.05) is 28.9 Å². The van der Waals surface area contributed by atoms with Gasteiger partial charge in [-0.25, -0.2) is 9.78 Å². The van der Waals surface area contributed by atoms with Crippen molar-refractivity contribution in [3.63, 3.8) is 0 Å². The van der Waals surface area contributed by atoms with Gasteiger partial charge in [0.1, 0.15) is 5.01 Å². The highest BCUT2D eigenvalue weighted by molar-refractivity contribution is 7.13. The van der Waals surface area contributed by atoms with Crippen molar-refractivity contribution in [2.75, 3.05) is 0 Å². The van der Waals surface area contributed by atoms with E-state index < -0.39 is 0 Å². The molecule has 0 unspecified atom stereocenters. The zero-order valence-electron chi connectivity index (χ0n) is 10.4. The number of aliphatic imine (C=N–C) groups is 1. The number of pyridine rings is 1. The number of benzene rings is 1. The highest BCUT2D eigenvalue weighted by Crippen LogP contribution is 2.30. The van der Waals surface area contributed by atoms with E-state index in [0.717, 1.165) is 21.8 Å².